The average Bonchev–Trinajstić information content (AvgIpc) is 2.20. The SMILES string of the molecule is CCC#CCOC(C)(C)OCC#CCC. The maximum atomic E-state index is 5.45. The van der Waals surface area contributed by atoms with E-state index in [2.05, 4.69) is 23.7 Å². The average molecular weight is 208 g/mol. The third kappa shape index (κ3) is 9.35. The minimum absolute atomic E-state index is 0.405. The highest BCUT2D eigenvalue weighted by Gasteiger charge is 2.17. The smallest absolute Gasteiger partial charge is 0.165 e. The van der Waals surface area contributed by atoms with Crippen molar-refractivity contribution in [1.82, 2.24) is 0 Å². The molecule has 0 radical (unpaired) electrons. The summed E-state index contributed by atoms with van der Waals surface area (Å²) in [5, 5.41) is 0. The van der Waals surface area contributed by atoms with Crippen molar-refractivity contribution in [2.45, 2.75) is 46.3 Å². The molecule has 0 aliphatic heterocycles. The van der Waals surface area contributed by atoms with Crippen LogP contribution in [0.25, 0.3) is 0 Å². The number of rotatable bonds is 4. The van der Waals surface area contributed by atoms with E-state index in [4.69, 9.17) is 9.47 Å². The van der Waals surface area contributed by atoms with Gasteiger partial charge in [0.15, 0.2) is 5.79 Å². The van der Waals surface area contributed by atoms with E-state index in [9.17, 15) is 0 Å². The Kier molecular flexibility index (Phi) is 7.82. The van der Waals surface area contributed by atoms with Crippen molar-refractivity contribution in [2.75, 3.05) is 13.2 Å². The van der Waals surface area contributed by atoms with E-state index in [1.165, 1.54) is 0 Å². The number of hydrogen-bond acceptors (Lipinski definition) is 2. The van der Waals surface area contributed by atoms with Gasteiger partial charge in [0.2, 0.25) is 0 Å². The van der Waals surface area contributed by atoms with Gasteiger partial charge in [-0.05, 0) is 13.8 Å². The molecule has 0 aliphatic rings. The van der Waals surface area contributed by atoms with Crippen LogP contribution in [-0.4, -0.2) is 19.0 Å². The molecule has 0 N–H and O–H groups in total. The molecule has 0 heterocycles. The van der Waals surface area contributed by atoms with Crippen LogP contribution in [0.5, 0.6) is 0 Å². The molecule has 0 rings (SSSR count). The summed E-state index contributed by atoms with van der Waals surface area (Å²) in [6.07, 6.45) is 1.71. The molecule has 0 aromatic carbocycles. The van der Waals surface area contributed by atoms with Crippen molar-refractivity contribution in [2.24, 2.45) is 0 Å². The fourth-order valence-electron chi connectivity index (χ4n) is 0.813. The Hall–Kier alpha value is -0.960. The standard InChI is InChI=1S/C13H20O2/c1-5-7-9-11-14-13(3,4)15-12-10-8-6-2/h5-6,11-12H2,1-4H3. The van der Waals surface area contributed by atoms with Gasteiger partial charge in [-0.25, -0.2) is 0 Å². The third-order valence-electron chi connectivity index (χ3n) is 1.59. The second-order valence-corrected chi connectivity index (χ2v) is 3.39. The molecule has 0 aliphatic carbocycles. The Morgan fingerprint density at radius 1 is 0.800 bits per heavy atom. The molecular weight excluding hydrogens is 188 g/mol. The monoisotopic (exact) mass is 208 g/mol. The molecular formula is C13H20O2. The molecule has 0 fully saturated rings. The van der Waals surface area contributed by atoms with E-state index in [1.54, 1.807) is 0 Å². The lowest BCUT2D eigenvalue weighted by atomic mass is 10.4. The highest BCUT2D eigenvalue weighted by atomic mass is 16.7. The van der Waals surface area contributed by atoms with E-state index < -0.39 is 5.79 Å². The van der Waals surface area contributed by atoms with Crippen LogP contribution in [0.2, 0.25) is 0 Å². The summed E-state index contributed by atoms with van der Waals surface area (Å²) in [6, 6.07) is 0. The zero-order valence-electron chi connectivity index (χ0n) is 10.1. The van der Waals surface area contributed by atoms with Gasteiger partial charge in [-0.3, -0.25) is 0 Å². The van der Waals surface area contributed by atoms with Crippen LogP contribution in [-0.2, 0) is 9.47 Å². The van der Waals surface area contributed by atoms with E-state index in [-0.39, 0.29) is 0 Å². The van der Waals surface area contributed by atoms with Gasteiger partial charge in [0.25, 0.3) is 0 Å². The van der Waals surface area contributed by atoms with Crippen LogP contribution in [0, 0.1) is 23.7 Å². The quantitative estimate of drug-likeness (QED) is 0.522. The Balaban J connectivity index is 3.76. The van der Waals surface area contributed by atoms with Crippen LogP contribution < -0.4 is 0 Å². The summed E-state index contributed by atoms with van der Waals surface area (Å²) in [5.41, 5.74) is 0. The van der Waals surface area contributed by atoms with Gasteiger partial charge in [0.05, 0.1) is 0 Å². The van der Waals surface area contributed by atoms with Crippen molar-refractivity contribution in [3.8, 4) is 23.7 Å². The highest BCUT2D eigenvalue weighted by Crippen LogP contribution is 2.09. The predicted molar refractivity (Wildman–Crippen MR) is 62.1 cm³/mol. The van der Waals surface area contributed by atoms with Gasteiger partial charge in [-0.2, -0.15) is 0 Å². The molecule has 2 heteroatoms. The molecule has 0 spiro atoms. The Bertz CT molecular complexity index is 242. The van der Waals surface area contributed by atoms with Gasteiger partial charge >= 0.3 is 0 Å². The molecule has 15 heavy (non-hydrogen) atoms. The maximum absolute atomic E-state index is 5.45. The van der Waals surface area contributed by atoms with Crippen molar-refractivity contribution >= 4 is 0 Å². The minimum Gasteiger partial charge on any atom is -0.338 e. The Labute approximate surface area is 93.3 Å². The normalized spacial score (nSPS) is 9.87. The van der Waals surface area contributed by atoms with Crippen LogP contribution in [0.4, 0.5) is 0 Å². The number of hydrogen-bond donors (Lipinski definition) is 0. The van der Waals surface area contributed by atoms with E-state index >= 15 is 0 Å². The summed E-state index contributed by atoms with van der Waals surface area (Å²) in [7, 11) is 0. The highest BCUT2D eigenvalue weighted by molar-refractivity contribution is 4.99. The summed E-state index contributed by atoms with van der Waals surface area (Å²) in [6.45, 7) is 8.57. The molecule has 0 amide bonds. The molecule has 0 atom stereocenters. The molecule has 0 saturated heterocycles. The fourth-order valence-corrected chi connectivity index (χ4v) is 0.813. The van der Waals surface area contributed by atoms with E-state index in [0.717, 1.165) is 12.8 Å². The summed E-state index contributed by atoms with van der Waals surface area (Å²) < 4.78 is 10.9. The lowest BCUT2D eigenvalue weighted by Gasteiger charge is -2.23. The molecule has 0 unspecified atom stereocenters. The molecule has 2 nitrogen and oxygen atoms in total. The first-order chi connectivity index (χ1) is 7.12. The lowest BCUT2D eigenvalue weighted by molar-refractivity contribution is -0.197. The second-order valence-electron chi connectivity index (χ2n) is 3.39. The maximum Gasteiger partial charge on any atom is 0.165 e. The molecule has 84 valence electrons. The third-order valence-corrected chi connectivity index (χ3v) is 1.59. The van der Waals surface area contributed by atoms with Crippen LogP contribution >= 0.6 is 0 Å². The molecule has 0 aromatic rings. The topological polar surface area (TPSA) is 18.5 Å². The summed E-state index contributed by atoms with van der Waals surface area (Å²) in [4.78, 5) is 0. The van der Waals surface area contributed by atoms with E-state index in [0.29, 0.717) is 13.2 Å². The lowest BCUT2D eigenvalue weighted by Crippen LogP contribution is -2.28. The fraction of sp³-hybridized carbons (Fsp3) is 0.692. The first-order valence-electron chi connectivity index (χ1n) is 5.31. The predicted octanol–water partition coefficient (Wildman–Crippen LogP) is 2.58. The molecule has 0 bridgehead atoms. The minimum atomic E-state index is -0.606. The van der Waals surface area contributed by atoms with E-state index in [1.807, 2.05) is 27.7 Å². The zero-order valence-corrected chi connectivity index (χ0v) is 10.1. The van der Waals surface area contributed by atoms with Gasteiger partial charge in [-0.15, -0.1) is 11.8 Å². The Morgan fingerprint density at radius 2 is 1.20 bits per heavy atom. The van der Waals surface area contributed by atoms with Crippen molar-refractivity contribution in [3.63, 3.8) is 0 Å². The van der Waals surface area contributed by atoms with Gasteiger partial charge in [0, 0.05) is 12.8 Å². The summed E-state index contributed by atoms with van der Waals surface area (Å²) in [5.74, 6) is 11.1. The largest absolute Gasteiger partial charge is 0.338 e. The van der Waals surface area contributed by atoms with Crippen LogP contribution in [0.15, 0.2) is 0 Å². The first-order valence-corrected chi connectivity index (χ1v) is 5.31. The van der Waals surface area contributed by atoms with Gasteiger partial charge < -0.3 is 9.47 Å². The van der Waals surface area contributed by atoms with Crippen molar-refractivity contribution in [3.05, 3.63) is 0 Å². The molecule has 0 aromatic heterocycles. The second kappa shape index (κ2) is 8.36. The van der Waals surface area contributed by atoms with Crippen molar-refractivity contribution < 1.29 is 9.47 Å². The summed E-state index contributed by atoms with van der Waals surface area (Å²) >= 11 is 0. The number of ether oxygens (including phenoxy) is 2. The van der Waals surface area contributed by atoms with Gasteiger partial charge in [0.1, 0.15) is 13.2 Å². The zero-order chi connectivity index (χ0) is 11.6. The van der Waals surface area contributed by atoms with Crippen molar-refractivity contribution in [1.29, 1.82) is 0 Å². The van der Waals surface area contributed by atoms with Crippen LogP contribution in [0.3, 0.4) is 0 Å². The first kappa shape index (κ1) is 14.0. The molecule has 0 saturated carbocycles. The Morgan fingerprint density at radius 3 is 1.53 bits per heavy atom. The van der Waals surface area contributed by atoms with Gasteiger partial charge in [-0.1, -0.05) is 25.7 Å². The van der Waals surface area contributed by atoms with Crippen LogP contribution in [0.1, 0.15) is 40.5 Å².